The molecule has 1 aromatic heterocycles. The number of hydrogen-bond acceptors (Lipinski definition) is 3. The summed E-state index contributed by atoms with van der Waals surface area (Å²) in [5, 5.41) is 0.333. The molecule has 13 heavy (non-hydrogen) atoms. The molecule has 0 fully saturated rings. The zero-order valence-corrected chi connectivity index (χ0v) is 7.49. The number of nitrogens with zero attached hydrogens (tertiary/aromatic N) is 1. The zero-order valence-electron chi connectivity index (χ0n) is 6.67. The van der Waals surface area contributed by atoms with Crippen LogP contribution in [0.3, 0.4) is 0 Å². The molecule has 2 rings (SSSR count). The van der Waals surface area contributed by atoms with Crippen molar-refractivity contribution in [2.75, 3.05) is 6.26 Å². The highest BCUT2D eigenvalue weighted by molar-refractivity contribution is 7.98. The highest BCUT2D eigenvalue weighted by Gasteiger charge is 2.11. The van der Waals surface area contributed by atoms with E-state index in [1.165, 1.54) is 11.8 Å². The second-order valence-electron chi connectivity index (χ2n) is 2.42. The van der Waals surface area contributed by atoms with Gasteiger partial charge in [-0.25, -0.2) is 13.8 Å². The first-order valence-corrected chi connectivity index (χ1v) is 4.73. The average Bonchev–Trinajstić information content (AvgIpc) is 2.47. The lowest BCUT2D eigenvalue weighted by Crippen LogP contribution is -1.79. The summed E-state index contributed by atoms with van der Waals surface area (Å²) in [5.41, 5.74) is 0.215. The third-order valence-corrected chi connectivity index (χ3v) is 2.09. The number of benzene rings is 1. The smallest absolute Gasteiger partial charge is 0.256 e. The molecule has 0 amide bonds. The molecule has 1 aromatic carbocycles. The van der Waals surface area contributed by atoms with E-state index < -0.39 is 11.6 Å². The SMILES string of the molecule is CSc1nc2cc(F)cc(F)c2o1. The Balaban J connectivity index is 2.75. The fraction of sp³-hybridized carbons (Fsp3) is 0.125. The molecule has 0 saturated carbocycles. The van der Waals surface area contributed by atoms with Gasteiger partial charge in [-0.1, -0.05) is 11.8 Å². The predicted molar refractivity (Wildman–Crippen MR) is 45.7 cm³/mol. The summed E-state index contributed by atoms with van der Waals surface area (Å²) in [6.45, 7) is 0. The number of thioether (sulfide) groups is 1. The lowest BCUT2D eigenvalue weighted by atomic mass is 10.3. The van der Waals surface area contributed by atoms with Crippen LogP contribution in [0.5, 0.6) is 0 Å². The van der Waals surface area contributed by atoms with Crippen LogP contribution in [0.2, 0.25) is 0 Å². The van der Waals surface area contributed by atoms with E-state index in [1.54, 1.807) is 6.26 Å². The lowest BCUT2D eigenvalue weighted by Gasteiger charge is -1.89. The van der Waals surface area contributed by atoms with Crippen LogP contribution in [0.25, 0.3) is 11.1 Å². The van der Waals surface area contributed by atoms with Crippen molar-refractivity contribution in [1.82, 2.24) is 4.98 Å². The van der Waals surface area contributed by atoms with Crippen molar-refractivity contribution in [3.05, 3.63) is 23.8 Å². The van der Waals surface area contributed by atoms with Gasteiger partial charge in [-0.05, 0) is 6.26 Å². The fourth-order valence-corrected chi connectivity index (χ4v) is 1.38. The summed E-state index contributed by atoms with van der Waals surface area (Å²) >= 11 is 1.24. The topological polar surface area (TPSA) is 26.0 Å². The highest BCUT2D eigenvalue weighted by Crippen LogP contribution is 2.24. The molecule has 0 radical (unpaired) electrons. The van der Waals surface area contributed by atoms with E-state index in [9.17, 15) is 8.78 Å². The molecule has 2 aromatic rings. The van der Waals surface area contributed by atoms with Crippen molar-refractivity contribution in [3.63, 3.8) is 0 Å². The van der Waals surface area contributed by atoms with Gasteiger partial charge in [0, 0.05) is 12.1 Å². The largest absolute Gasteiger partial charge is 0.428 e. The molecule has 0 aliphatic carbocycles. The second-order valence-corrected chi connectivity index (χ2v) is 3.18. The molecule has 0 spiro atoms. The summed E-state index contributed by atoms with van der Waals surface area (Å²) in [7, 11) is 0. The van der Waals surface area contributed by atoms with Gasteiger partial charge in [0.25, 0.3) is 5.22 Å². The van der Waals surface area contributed by atoms with Crippen molar-refractivity contribution >= 4 is 22.9 Å². The van der Waals surface area contributed by atoms with E-state index in [0.29, 0.717) is 5.22 Å². The minimum atomic E-state index is -0.720. The van der Waals surface area contributed by atoms with Gasteiger partial charge >= 0.3 is 0 Å². The van der Waals surface area contributed by atoms with E-state index in [1.807, 2.05) is 0 Å². The molecule has 0 saturated heterocycles. The van der Waals surface area contributed by atoms with Crippen LogP contribution in [0.1, 0.15) is 0 Å². The molecule has 0 aliphatic rings. The molecular weight excluding hydrogens is 196 g/mol. The Hall–Kier alpha value is -1.10. The highest BCUT2D eigenvalue weighted by atomic mass is 32.2. The van der Waals surface area contributed by atoms with Gasteiger partial charge in [0.1, 0.15) is 11.3 Å². The molecule has 0 N–H and O–H groups in total. The quantitative estimate of drug-likeness (QED) is 0.663. The maximum atomic E-state index is 13.0. The predicted octanol–water partition coefficient (Wildman–Crippen LogP) is 2.83. The standard InChI is InChI=1S/C8H5F2NOS/c1-13-8-11-6-3-4(9)2-5(10)7(6)12-8/h2-3H,1H3. The number of hydrogen-bond donors (Lipinski definition) is 0. The third-order valence-electron chi connectivity index (χ3n) is 1.56. The fourth-order valence-electron chi connectivity index (χ4n) is 1.03. The van der Waals surface area contributed by atoms with E-state index in [0.717, 1.165) is 12.1 Å². The van der Waals surface area contributed by atoms with Gasteiger partial charge < -0.3 is 4.42 Å². The summed E-state index contributed by atoms with van der Waals surface area (Å²) in [6.07, 6.45) is 1.75. The molecule has 0 aliphatic heterocycles. The van der Waals surface area contributed by atoms with E-state index in [-0.39, 0.29) is 11.1 Å². The number of fused-ring (bicyclic) bond motifs is 1. The summed E-state index contributed by atoms with van der Waals surface area (Å²) < 4.78 is 30.7. The van der Waals surface area contributed by atoms with Crippen LogP contribution in [-0.4, -0.2) is 11.2 Å². The number of halogens is 2. The number of oxazole rings is 1. The van der Waals surface area contributed by atoms with E-state index in [2.05, 4.69) is 4.98 Å². The van der Waals surface area contributed by atoms with Crippen LogP contribution in [0, 0.1) is 11.6 Å². The van der Waals surface area contributed by atoms with Crippen molar-refractivity contribution in [1.29, 1.82) is 0 Å². The van der Waals surface area contributed by atoms with Crippen LogP contribution >= 0.6 is 11.8 Å². The third kappa shape index (κ3) is 1.39. The van der Waals surface area contributed by atoms with Gasteiger partial charge in [-0.15, -0.1) is 0 Å². The summed E-state index contributed by atoms with van der Waals surface area (Å²) in [5.74, 6) is -1.37. The molecule has 0 bridgehead atoms. The van der Waals surface area contributed by atoms with Crippen LogP contribution in [-0.2, 0) is 0 Å². The molecule has 5 heteroatoms. The Morgan fingerprint density at radius 1 is 1.38 bits per heavy atom. The minimum absolute atomic E-state index is 0.00532. The zero-order chi connectivity index (χ0) is 9.42. The Kier molecular flexibility index (Phi) is 1.95. The van der Waals surface area contributed by atoms with E-state index >= 15 is 0 Å². The van der Waals surface area contributed by atoms with Crippen LogP contribution < -0.4 is 0 Å². The Morgan fingerprint density at radius 2 is 2.15 bits per heavy atom. The van der Waals surface area contributed by atoms with Crippen molar-refractivity contribution in [3.8, 4) is 0 Å². The maximum absolute atomic E-state index is 13.0. The summed E-state index contributed by atoms with van der Waals surface area (Å²) in [6, 6.07) is 1.92. The number of aromatic nitrogens is 1. The lowest BCUT2D eigenvalue weighted by molar-refractivity contribution is 0.469. The molecule has 1 heterocycles. The first-order valence-electron chi connectivity index (χ1n) is 3.50. The van der Waals surface area contributed by atoms with Crippen molar-refractivity contribution < 1.29 is 13.2 Å². The Labute approximate surface area is 76.9 Å². The van der Waals surface area contributed by atoms with Gasteiger partial charge in [-0.3, -0.25) is 0 Å². The normalized spacial score (nSPS) is 11.0. The van der Waals surface area contributed by atoms with Crippen molar-refractivity contribution in [2.24, 2.45) is 0 Å². The van der Waals surface area contributed by atoms with Gasteiger partial charge in [0.15, 0.2) is 11.4 Å². The Bertz CT molecular complexity index is 455. The molecule has 68 valence electrons. The minimum Gasteiger partial charge on any atom is -0.428 e. The molecule has 0 unspecified atom stereocenters. The molecule has 0 atom stereocenters. The second kappa shape index (κ2) is 2.99. The van der Waals surface area contributed by atoms with Gasteiger partial charge in [0.2, 0.25) is 0 Å². The first kappa shape index (κ1) is 8.50. The average molecular weight is 201 g/mol. The summed E-state index contributed by atoms with van der Waals surface area (Å²) in [4.78, 5) is 3.87. The monoisotopic (exact) mass is 201 g/mol. The van der Waals surface area contributed by atoms with E-state index in [4.69, 9.17) is 4.42 Å². The van der Waals surface area contributed by atoms with Crippen molar-refractivity contribution in [2.45, 2.75) is 5.22 Å². The van der Waals surface area contributed by atoms with Crippen LogP contribution in [0.15, 0.2) is 21.8 Å². The Morgan fingerprint density at radius 3 is 2.85 bits per heavy atom. The molecular formula is C8H5F2NOS. The van der Waals surface area contributed by atoms with Crippen LogP contribution in [0.4, 0.5) is 8.78 Å². The van der Waals surface area contributed by atoms with Gasteiger partial charge in [-0.2, -0.15) is 0 Å². The maximum Gasteiger partial charge on any atom is 0.256 e. The molecule has 2 nitrogen and oxygen atoms in total. The first-order chi connectivity index (χ1) is 6.20. The van der Waals surface area contributed by atoms with Gasteiger partial charge in [0.05, 0.1) is 0 Å². The number of rotatable bonds is 1.